The molecule has 0 saturated heterocycles. The molecule has 4 nitrogen and oxygen atoms in total. The summed E-state index contributed by atoms with van der Waals surface area (Å²) in [6, 6.07) is 41.3. The van der Waals surface area contributed by atoms with Gasteiger partial charge in [0.25, 0.3) is 0 Å². The monoisotopic (exact) mass is 589 g/mol. The number of rotatable bonds is 3. The molecule has 0 spiro atoms. The van der Waals surface area contributed by atoms with E-state index in [-0.39, 0.29) is 0 Å². The third kappa shape index (κ3) is 3.86. The SMILES string of the molecule is Clc1ccc2c(oc3c4ccccc4ccc23)c1-c1nc(-c2ccccc2)nc(-c2ccc3sc4ccccc4c3c2)n1. The summed E-state index contributed by atoms with van der Waals surface area (Å²) in [5.41, 5.74) is 3.95. The summed E-state index contributed by atoms with van der Waals surface area (Å²) >= 11 is 8.74. The maximum Gasteiger partial charge on any atom is 0.169 e. The highest BCUT2D eigenvalue weighted by molar-refractivity contribution is 7.25. The van der Waals surface area contributed by atoms with E-state index in [0.717, 1.165) is 38.3 Å². The van der Waals surface area contributed by atoms with E-state index in [4.69, 9.17) is 31.0 Å². The number of furan rings is 1. The molecule has 3 heterocycles. The van der Waals surface area contributed by atoms with Crippen molar-refractivity contribution in [2.75, 3.05) is 0 Å². The number of fused-ring (bicyclic) bond motifs is 8. The fourth-order valence-corrected chi connectivity index (χ4v) is 7.27. The van der Waals surface area contributed by atoms with Crippen molar-refractivity contribution < 1.29 is 4.42 Å². The smallest absolute Gasteiger partial charge is 0.169 e. The molecular weight excluding hydrogens is 570 g/mol. The molecule has 0 aliphatic rings. The topological polar surface area (TPSA) is 51.8 Å². The number of thiophene rings is 1. The first-order valence-electron chi connectivity index (χ1n) is 14.0. The van der Waals surface area contributed by atoms with Gasteiger partial charge < -0.3 is 4.42 Å². The van der Waals surface area contributed by atoms with E-state index in [2.05, 4.69) is 66.7 Å². The number of halogens is 1. The number of benzene rings is 6. The van der Waals surface area contributed by atoms with Gasteiger partial charge in [-0.2, -0.15) is 0 Å². The summed E-state index contributed by atoms with van der Waals surface area (Å²) in [5.74, 6) is 1.62. The normalized spacial score (nSPS) is 11.8. The van der Waals surface area contributed by atoms with Crippen LogP contribution in [0.1, 0.15) is 0 Å². The van der Waals surface area contributed by atoms with Gasteiger partial charge in [-0.3, -0.25) is 0 Å². The van der Waals surface area contributed by atoms with Crippen LogP contribution in [0.25, 0.3) is 87.0 Å². The Bertz CT molecular complexity index is 2530. The molecule has 0 aliphatic carbocycles. The van der Waals surface area contributed by atoms with Gasteiger partial charge >= 0.3 is 0 Å². The predicted octanol–water partition coefficient (Wildman–Crippen LogP) is 10.9. The number of nitrogens with zero attached hydrogens (tertiary/aromatic N) is 3. The highest BCUT2D eigenvalue weighted by Crippen LogP contribution is 2.42. The van der Waals surface area contributed by atoms with Crippen LogP contribution in [0, 0.1) is 0 Å². The van der Waals surface area contributed by atoms with Crippen molar-refractivity contribution in [1.29, 1.82) is 0 Å². The van der Waals surface area contributed by atoms with Crippen LogP contribution in [0.3, 0.4) is 0 Å². The highest BCUT2D eigenvalue weighted by atomic mass is 35.5. The summed E-state index contributed by atoms with van der Waals surface area (Å²) in [5, 5.41) is 7.09. The Morgan fingerprint density at radius 2 is 1.16 bits per heavy atom. The standard InChI is InChI=1S/C37H20ClN3OS/c38-29-18-17-27-26-16-14-21-8-4-5-11-24(21)33(26)42-34(27)32(29)37-40-35(22-9-2-1-3-10-22)39-36(41-37)23-15-19-31-28(20-23)25-12-6-7-13-30(25)43-31/h1-20H. The lowest BCUT2D eigenvalue weighted by molar-refractivity contribution is 0.673. The largest absolute Gasteiger partial charge is 0.455 e. The Morgan fingerprint density at radius 3 is 2.05 bits per heavy atom. The van der Waals surface area contributed by atoms with Crippen LogP contribution < -0.4 is 0 Å². The average Bonchev–Trinajstić information content (AvgIpc) is 3.63. The highest BCUT2D eigenvalue weighted by Gasteiger charge is 2.21. The van der Waals surface area contributed by atoms with Gasteiger partial charge in [0.05, 0.1) is 10.6 Å². The molecule has 0 aliphatic heterocycles. The van der Waals surface area contributed by atoms with Crippen molar-refractivity contribution in [2.24, 2.45) is 0 Å². The second-order valence-corrected chi connectivity index (χ2v) is 12.0. The molecule has 0 fully saturated rings. The quantitative estimate of drug-likeness (QED) is 0.206. The molecule has 43 heavy (non-hydrogen) atoms. The van der Waals surface area contributed by atoms with Gasteiger partial charge in [0.15, 0.2) is 17.5 Å². The van der Waals surface area contributed by atoms with Crippen molar-refractivity contribution in [3.8, 4) is 34.2 Å². The minimum Gasteiger partial charge on any atom is -0.455 e. The minimum absolute atomic E-state index is 0.470. The molecule has 202 valence electrons. The molecule has 9 rings (SSSR count). The van der Waals surface area contributed by atoms with Crippen molar-refractivity contribution in [3.05, 3.63) is 126 Å². The zero-order valence-corrected chi connectivity index (χ0v) is 24.2. The lowest BCUT2D eigenvalue weighted by atomic mass is 10.0. The number of hydrogen-bond donors (Lipinski definition) is 0. The van der Waals surface area contributed by atoms with Crippen molar-refractivity contribution in [1.82, 2.24) is 15.0 Å². The molecule has 0 radical (unpaired) electrons. The Kier molecular flexibility index (Phi) is 5.39. The van der Waals surface area contributed by atoms with Gasteiger partial charge in [0, 0.05) is 47.5 Å². The molecule has 0 atom stereocenters. The second kappa shape index (κ2) is 9.46. The van der Waals surface area contributed by atoms with Gasteiger partial charge in [0.2, 0.25) is 0 Å². The first-order valence-corrected chi connectivity index (χ1v) is 15.2. The summed E-state index contributed by atoms with van der Waals surface area (Å²) in [7, 11) is 0. The molecule has 6 heteroatoms. The lowest BCUT2D eigenvalue weighted by Crippen LogP contribution is -2.00. The summed E-state index contributed by atoms with van der Waals surface area (Å²) in [6.07, 6.45) is 0. The van der Waals surface area contributed by atoms with Crippen LogP contribution in [0.5, 0.6) is 0 Å². The van der Waals surface area contributed by atoms with Gasteiger partial charge in [-0.15, -0.1) is 11.3 Å². The maximum atomic E-state index is 6.95. The van der Waals surface area contributed by atoms with Gasteiger partial charge in [-0.05, 0) is 47.9 Å². The lowest BCUT2D eigenvalue weighted by Gasteiger charge is -2.10. The summed E-state index contributed by atoms with van der Waals surface area (Å²) < 4.78 is 9.12. The van der Waals surface area contributed by atoms with Crippen molar-refractivity contribution >= 4 is 75.8 Å². The summed E-state index contributed by atoms with van der Waals surface area (Å²) in [6.45, 7) is 0. The molecule has 9 aromatic rings. The Morgan fingerprint density at radius 1 is 0.488 bits per heavy atom. The van der Waals surface area contributed by atoms with E-state index in [9.17, 15) is 0 Å². The third-order valence-electron chi connectivity index (χ3n) is 8.01. The maximum absolute atomic E-state index is 6.95. The van der Waals surface area contributed by atoms with E-state index in [1.54, 1.807) is 11.3 Å². The first kappa shape index (κ1) is 24.5. The molecule has 3 aromatic heterocycles. The van der Waals surface area contributed by atoms with Gasteiger partial charge in [-0.25, -0.2) is 15.0 Å². The van der Waals surface area contributed by atoms with E-state index in [1.165, 1.54) is 20.2 Å². The van der Waals surface area contributed by atoms with Crippen LogP contribution in [0.15, 0.2) is 126 Å². The molecule has 0 saturated carbocycles. The summed E-state index contributed by atoms with van der Waals surface area (Å²) in [4.78, 5) is 15.0. The third-order valence-corrected chi connectivity index (χ3v) is 9.47. The Balaban J connectivity index is 1.33. The molecule has 0 bridgehead atoms. The van der Waals surface area contributed by atoms with Crippen molar-refractivity contribution in [2.45, 2.75) is 0 Å². The average molecular weight is 590 g/mol. The fourth-order valence-electron chi connectivity index (χ4n) is 5.95. The van der Waals surface area contributed by atoms with Crippen LogP contribution in [0.4, 0.5) is 0 Å². The fraction of sp³-hybridized carbons (Fsp3) is 0. The van der Waals surface area contributed by atoms with Crippen LogP contribution in [-0.2, 0) is 0 Å². The minimum atomic E-state index is 0.470. The van der Waals surface area contributed by atoms with E-state index in [1.807, 2.05) is 54.6 Å². The zero-order chi connectivity index (χ0) is 28.5. The van der Waals surface area contributed by atoms with E-state index in [0.29, 0.717) is 33.6 Å². The Hall–Kier alpha value is -5.10. The van der Waals surface area contributed by atoms with Crippen molar-refractivity contribution in [3.63, 3.8) is 0 Å². The van der Waals surface area contributed by atoms with E-state index < -0.39 is 0 Å². The molecule has 6 aromatic carbocycles. The predicted molar refractivity (Wildman–Crippen MR) is 179 cm³/mol. The first-order chi connectivity index (χ1) is 21.2. The van der Waals surface area contributed by atoms with Gasteiger partial charge in [0.1, 0.15) is 11.2 Å². The number of aromatic nitrogens is 3. The van der Waals surface area contributed by atoms with E-state index >= 15 is 0 Å². The number of hydrogen-bond acceptors (Lipinski definition) is 5. The second-order valence-electron chi connectivity index (χ2n) is 10.5. The Labute approximate surface area is 254 Å². The molecule has 0 amide bonds. The molecule has 0 unspecified atom stereocenters. The molecule has 0 N–H and O–H groups in total. The zero-order valence-electron chi connectivity index (χ0n) is 22.6. The van der Waals surface area contributed by atoms with Crippen LogP contribution in [-0.4, -0.2) is 15.0 Å². The van der Waals surface area contributed by atoms with Crippen LogP contribution in [0.2, 0.25) is 5.02 Å². The molecular formula is C37H20ClN3OS. The van der Waals surface area contributed by atoms with Crippen LogP contribution >= 0.6 is 22.9 Å². The van der Waals surface area contributed by atoms with Gasteiger partial charge in [-0.1, -0.05) is 90.5 Å².